The topological polar surface area (TPSA) is 96.5 Å². The van der Waals surface area contributed by atoms with E-state index in [1.165, 1.54) is 35.7 Å². The van der Waals surface area contributed by atoms with Crippen molar-refractivity contribution in [3.8, 4) is 0 Å². The molecule has 0 atom stereocenters. The van der Waals surface area contributed by atoms with Crippen molar-refractivity contribution in [2.75, 3.05) is 7.11 Å². The highest BCUT2D eigenvalue weighted by molar-refractivity contribution is 7.89. The summed E-state index contributed by atoms with van der Waals surface area (Å²) in [7, 11) is -2.71. The van der Waals surface area contributed by atoms with Crippen molar-refractivity contribution in [3.05, 3.63) is 75.1 Å². The fourth-order valence-electron chi connectivity index (χ4n) is 4.45. The van der Waals surface area contributed by atoms with E-state index >= 15 is 0 Å². The van der Waals surface area contributed by atoms with E-state index in [0.29, 0.717) is 5.56 Å². The fourth-order valence-corrected chi connectivity index (χ4v) is 6.16. The molecule has 33 heavy (non-hydrogen) atoms. The zero-order chi connectivity index (χ0) is 23.8. The average Bonchev–Trinajstić information content (AvgIpc) is 3.32. The number of benzene rings is 2. The first-order valence-electron chi connectivity index (χ1n) is 11.0. The summed E-state index contributed by atoms with van der Waals surface area (Å²) in [6.07, 6.45) is 3.34. The van der Waals surface area contributed by atoms with Crippen LogP contribution >= 0.6 is 0 Å². The highest BCUT2D eigenvalue weighted by Crippen LogP contribution is 2.30. The molecular formula is C25H28N2O5S. The molecule has 7 nitrogen and oxygen atoms in total. The summed E-state index contributed by atoms with van der Waals surface area (Å²) >= 11 is 0. The summed E-state index contributed by atoms with van der Waals surface area (Å²) in [5.74, 6) is -0.601. The van der Waals surface area contributed by atoms with Gasteiger partial charge in [0.1, 0.15) is 0 Å². The number of rotatable bonds is 6. The van der Waals surface area contributed by atoms with E-state index in [2.05, 4.69) is 4.98 Å². The van der Waals surface area contributed by atoms with E-state index in [4.69, 9.17) is 4.74 Å². The molecule has 1 aliphatic rings. The van der Waals surface area contributed by atoms with Crippen molar-refractivity contribution in [1.29, 1.82) is 0 Å². The van der Waals surface area contributed by atoms with Crippen LogP contribution in [0.4, 0.5) is 0 Å². The van der Waals surface area contributed by atoms with E-state index < -0.39 is 16.0 Å². The van der Waals surface area contributed by atoms with Gasteiger partial charge in [-0.05, 0) is 79.6 Å². The smallest absolute Gasteiger partial charge is 0.337 e. The second kappa shape index (κ2) is 9.11. The van der Waals surface area contributed by atoms with Crippen LogP contribution in [-0.4, -0.2) is 36.8 Å². The zero-order valence-corrected chi connectivity index (χ0v) is 19.9. The lowest BCUT2D eigenvalue weighted by Crippen LogP contribution is -2.39. The first-order valence-corrected chi connectivity index (χ1v) is 12.5. The lowest BCUT2D eigenvalue weighted by molar-refractivity contribution is 0.0600. The molecular weight excluding hydrogens is 440 g/mol. The highest BCUT2D eigenvalue weighted by Gasteiger charge is 2.34. The molecule has 2 aromatic carbocycles. The molecule has 4 rings (SSSR count). The Kier molecular flexibility index (Phi) is 6.41. The van der Waals surface area contributed by atoms with Crippen molar-refractivity contribution in [3.63, 3.8) is 0 Å². The van der Waals surface area contributed by atoms with Crippen LogP contribution in [0.2, 0.25) is 0 Å². The maximum absolute atomic E-state index is 13.7. The van der Waals surface area contributed by atoms with Crippen LogP contribution in [0, 0.1) is 13.8 Å². The molecule has 1 aromatic heterocycles. The minimum atomic E-state index is -3.96. The van der Waals surface area contributed by atoms with Crippen LogP contribution in [0.5, 0.6) is 0 Å². The lowest BCUT2D eigenvalue weighted by Gasteiger charge is -2.28. The van der Waals surface area contributed by atoms with Gasteiger partial charge in [0, 0.05) is 23.7 Å². The minimum Gasteiger partial charge on any atom is -0.465 e. The Morgan fingerprint density at radius 2 is 1.79 bits per heavy atom. The number of aromatic amines is 1. The zero-order valence-electron chi connectivity index (χ0n) is 19.1. The van der Waals surface area contributed by atoms with Gasteiger partial charge in [-0.1, -0.05) is 18.9 Å². The molecule has 1 aliphatic carbocycles. The van der Waals surface area contributed by atoms with Gasteiger partial charge in [0.15, 0.2) is 0 Å². The number of esters is 1. The number of carbonyl (C=O) groups is 1. The van der Waals surface area contributed by atoms with Crippen molar-refractivity contribution < 1.29 is 17.9 Å². The highest BCUT2D eigenvalue weighted by atomic mass is 32.2. The standard InChI is InChI=1S/C25H28N2O5S/c1-16-11-19-13-20(24(28)26-23(19)12-17(16)2)15-27(21-8-4-5-9-21)33(30,31)22-10-6-7-18(14-22)25(29)32-3/h6-7,10-14,21H,4-5,8-9,15H2,1-3H3,(H,26,28). The summed E-state index contributed by atoms with van der Waals surface area (Å²) in [5.41, 5.74) is 3.16. The van der Waals surface area contributed by atoms with Gasteiger partial charge in [0.25, 0.3) is 5.56 Å². The molecule has 3 aromatic rings. The Hall–Kier alpha value is -2.97. The Labute approximate surface area is 193 Å². The number of hydrogen-bond donors (Lipinski definition) is 1. The number of ether oxygens (including phenoxy) is 1. The number of hydrogen-bond acceptors (Lipinski definition) is 5. The van der Waals surface area contributed by atoms with Crippen molar-refractivity contribution >= 4 is 26.9 Å². The molecule has 0 bridgehead atoms. The molecule has 0 amide bonds. The number of H-pyrrole nitrogens is 1. The first-order chi connectivity index (χ1) is 15.7. The van der Waals surface area contributed by atoms with Crippen LogP contribution in [0.25, 0.3) is 10.9 Å². The number of nitrogens with one attached hydrogen (secondary N) is 1. The number of sulfonamides is 1. The number of fused-ring (bicyclic) bond motifs is 1. The Bertz CT molecular complexity index is 1370. The van der Waals surface area contributed by atoms with Gasteiger partial charge >= 0.3 is 5.97 Å². The Morgan fingerprint density at radius 1 is 1.09 bits per heavy atom. The number of carbonyl (C=O) groups excluding carboxylic acids is 1. The third kappa shape index (κ3) is 4.58. The van der Waals surface area contributed by atoms with E-state index in [9.17, 15) is 18.0 Å². The summed E-state index contributed by atoms with van der Waals surface area (Å²) < 4.78 is 33.6. The summed E-state index contributed by atoms with van der Waals surface area (Å²) in [5, 5.41) is 0.865. The molecule has 0 spiro atoms. The Morgan fingerprint density at radius 3 is 2.48 bits per heavy atom. The number of nitrogens with zero attached hydrogens (tertiary/aromatic N) is 1. The molecule has 1 heterocycles. The van der Waals surface area contributed by atoms with Crippen LogP contribution in [0.15, 0.2) is 52.2 Å². The van der Waals surface area contributed by atoms with Gasteiger partial charge in [-0.15, -0.1) is 0 Å². The predicted molar refractivity (Wildman–Crippen MR) is 127 cm³/mol. The summed E-state index contributed by atoms with van der Waals surface area (Å²) in [6, 6.07) is 11.4. The predicted octanol–water partition coefficient (Wildman–Crippen LogP) is 4.07. The second-order valence-corrected chi connectivity index (χ2v) is 10.5. The maximum Gasteiger partial charge on any atom is 0.337 e. The molecule has 0 radical (unpaired) electrons. The molecule has 0 unspecified atom stereocenters. The van der Waals surface area contributed by atoms with Gasteiger partial charge in [0.2, 0.25) is 10.0 Å². The molecule has 1 saturated carbocycles. The van der Waals surface area contributed by atoms with Crippen LogP contribution in [-0.2, 0) is 21.3 Å². The molecule has 0 saturated heterocycles. The fraction of sp³-hybridized carbons (Fsp3) is 0.360. The lowest BCUT2D eigenvalue weighted by atomic mass is 10.0. The van der Waals surface area contributed by atoms with Gasteiger partial charge in [-0.2, -0.15) is 4.31 Å². The monoisotopic (exact) mass is 468 g/mol. The van der Waals surface area contributed by atoms with Gasteiger partial charge < -0.3 is 9.72 Å². The SMILES string of the molecule is COC(=O)c1cccc(S(=O)(=O)N(Cc2cc3cc(C)c(C)cc3[nH]c2=O)C2CCCC2)c1. The minimum absolute atomic E-state index is 0.0148. The van der Waals surface area contributed by atoms with Crippen LogP contribution < -0.4 is 5.56 Å². The largest absolute Gasteiger partial charge is 0.465 e. The second-order valence-electron chi connectivity index (χ2n) is 8.66. The van der Waals surface area contributed by atoms with E-state index in [-0.39, 0.29) is 28.6 Å². The third-order valence-electron chi connectivity index (χ3n) is 6.46. The summed E-state index contributed by atoms with van der Waals surface area (Å²) in [6.45, 7) is 3.95. The normalized spacial score (nSPS) is 14.8. The summed E-state index contributed by atoms with van der Waals surface area (Å²) in [4.78, 5) is 27.8. The van der Waals surface area contributed by atoms with Crippen LogP contribution in [0.1, 0.15) is 52.7 Å². The van der Waals surface area contributed by atoms with Gasteiger partial charge in [-0.3, -0.25) is 4.79 Å². The van der Waals surface area contributed by atoms with E-state index in [1.807, 2.05) is 26.0 Å². The Balaban J connectivity index is 1.77. The number of aromatic nitrogens is 1. The third-order valence-corrected chi connectivity index (χ3v) is 8.35. The molecule has 8 heteroatoms. The average molecular weight is 469 g/mol. The molecule has 1 fully saturated rings. The number of pyridine rings is 1. The maximum atomic E-state index is 13.7. The number of methoxy groups -OCH3 is 1. The van der Waals surface area contributed by atoms with Gasteiger partial charge in [-0.25, -0.2) is 13.2 Å². The first kappa shape index (κ1) is 23.2. The number of aryl methyl sites for hydroxylation is 2. The van der Waals surface area contributed by atoms with Crippen molar-refractivity contribution in [2.24, 2.45) is 0 Å². The van der Waals surface area contributed by atoms with Crippen molar-refractivity contribution in [1.82, 2.24) is 9.29 Å². The molecule has 0 aliphatic heterocycles. The van der Waals surface area contributed by atoms with Crippen LogP contribution in [0.3, 0.4) is 0 Å². The van der Waals surface area contributed by atoms with E-state index in [0.717, 1.165) is 47.7 Å². The molecule has 1 N–H and O–H groups in total. The van der Waals surface area contributed by atoms with Crippen molar-refractivity contribution in [2.45, 2.75) is 57.0 Å². The quantitative estimate of drug-likeness (QED) is 0.550. The molecule has 174 valence electrons. The van der Waals surface area contributed by atoms with E-state index in [1.54, 1.807) is 6.07 Å². The van der Waals surface area contributed by atoms with Gasteiger partial charge in [0.05, 0.1) is 17.6 Å².